The van der Waals surface area contributed by atoms with Crippen molar-refractivity contribution in [3.8, 4) is 0 Å². The van der Waals surface area contributed by atoms with E-state index in [2.05, 4.69) is 89.4 Å². The fraction of sp³-hybridized carbons (Fsp3) is 0.500. The van der Waals surface area contributed by atoms with E-state index < -0.39 is 0 Å². The SMILES string of the molecule is CCNC(=NCC(c1ccccc1)N1CCCC1)N(C)Cc1cccn1C.I. The molecule has 3 rings (SSSR count). The number of guanidine groups is 1. The molecule has 0 amide bonds. The van der Waals surface area contributed by atoms with Crippen molar-refractivity contribution in [1.82, 2.24) is 19.7 Å². The largest absolute Gasteiger partial charge is 0.357 e. The van der Waals surface area contributed by atoms with Crippen molar-refractivity contribution in [1.29, 1.82) is 0 Å². The van der Waals surface area contributed by atoms with Crippen molar-refractivity contribution >= 4 is 29.9 Å². The summed E-state index contributed by atoms with van der Waals surface area (Å²) in [5.41, 5.74) is 2.64. The summed E-state index contributed by atoms with van der Waals surface area (Å²) in [6.07, 6.45) is 4.67. The number of aliphatic imine (C=N–C) groups is 1. The maximum Gasteiger partial charge on any atom is 0.194 e. The summed E-state index contributed by atoms with van der Waals surface area (Å²) in [5.74, 6) is 0.971. The van der Waals surface area contributed by atoms with E-state index in [1.165, 1.54) is 37.2 Å². The molecule has 28 heavy (non-hydrogen) atoms. The molecule has 0 aliphatic carbocycles. The minimum Gasteiger partial charge on any atom is -0.357 e. The molecule has 1 aromatic carbocycles. The van der Waals surface area contributed by atoms with E-state index in [1.54, 1.807) is 0 Å². The number of likely N-dealkylation sites (tertiary alicyclic amines) is 1. The van der Waals surface area contributed by atoms with Gasteiger partial charge in [-0.25, -0.2) is 0 Å². The highest BCUT2D eigenvalue weighted by atomic mass is 127. The summed E-state index contributed by atoms with van der Waals surface area (Å²) >= 11 is 0. The molecular weight excluding hydrogens is 461 g/mol. The summed E-state index contributed by atoms with van der Waals surface area (Å²) in [5, 5.41) is 3.46. The number of rotatable bonds is 7. The van der Waals surface area contributed by atoms with E-state index in [1.807, 2.05) is 0 Å². The second-order valence-corrected chi connectivity index (χ2v) is 7.33. The van der Waals surface area contributed by atoms with Gasteiger partial charge in [-0.3, -0.25) is 9.89 Å². The zero-order valence-electron chi connectivity index (χ0n) is 17.3. The van der Waals surface area contributed by atoms with Gasteiger partial charge in [0.1, 0.15) is 0 Å². The molecule has 2 heterocycles. The van der Waals surface area contributed by atoms with Gasteiger partial charge in [0, 0.05) is 32.5 Å². The molecule has 1 atom stereocenters. The Morgan fingerprint density at radius 1 is 1.14 bits per heavy atom. The van der Waals surface area contributed by atoms with Crippen molar-refractivity contribution in [2.24, 2.45) is 12.0 Å². The van der Waals surface area contributed by atoms with Crippen LogP contribution in [0.5, 0.6) is 0 Å². The third-order valence-electron chi connectivity index (χ3n) is 5.33. The number of hydrogen-bond acceptors (Lipinski definition) is 2. The Hall–Kier alpha value is -1.54. The topological polar surface area (TPSA) is 35.8 Å². The number of nitrogens with zero attached hydrogens (tertiary/aromatic N) is 4. The molecule has 1 N–H and O–H groups in total. The Morgan fingerprint density at radius 2 is 1.86 bits per heavy atom. The molecule has 1 aliphatic rings. The zero-order chi connectivity index (χ0) is 19.1. The van der Waals surface area contributed by atoms with Crippen LogP contribution in [0.25, 0.3) is 0 Å². The molecule has 1 saturated heterocycles. The molecule has 2 aromatic rings. The van der Waals surface area contributed by atoms with Crippen molar-refractivity contribution in [3.05, 3.63) is 59.9 Å². The van der Waals surface area contributed by atoms with Crippen LogP contribution in [-0.4, -0.2) is 53.6 Å². The minimum absolute atomic E-state index is 0. The molecule has 0 radical (unpaired) electrons. The van der Waals surface area contributed by atoms with Crippen LogP contribution in [-0.2, 0) is 13.6 Å². The predicted octanol–water partition coefficient (Wildman–Crippen LogP) is 3.88. The zero-order valence-corrected chi connectivity index (χ0v) is 19.7. The lowest BCUT2D eigenvalue weighted by Crippen LogP contribution is -2.39. The van der Waals surface area contributed by atoms with Crippen molar-refractivity contribution in [3.63, 3.8) is 0 Å². The number of aromatic nitrogens is 1. The van der Waals surface area contributed by atoms with E-state index in [-0.39, 0.29) is 24.0 Å². The Balaban J connectivity index is 0.00000280. The Morgan fingerprint density at radius 3 is 2.46 bits per heavy atom. The van der Waals surface area contributed by atoms with E-state index in [0.717, 1.165) is 25.6 Å². The standard InChI is InChI=1S/C22H33N5.HI/c1-4-23-22(26(3)18-20-13-10-14-25(20)2)24-17-21(27-15-8-9-16-27)19-11-6-5-7-12-19;/h5-7,10-14,21H,4,8-9,15-18H2,1-3H3,(H,23,24);1H. The summed E-state index contributed by atoms with van der Waals surface area (Å²) in [4.78, 5) is 9.82. The van der Waals surface area contributed by atoms with Crippen LogP contribution < -0.4 is 5.32 Å². The van der Waals surface area contributed by atoms with Crippen molar-refractivity contribution in [2.75, 3.05) is 33.2 Å². The minimum atomic E-state index is 0. The average Bonchev–Trinajstić information content (AvgIpc) is 3.34. The van der Waals surface area contributed by atoms with Crippen molar-refractivity contribution < 1.29 is 0 Å². The van der Waals surface area contributed by atoms with E-state index in [4.69, 9.17) is 4.99 Å². The van der Waals surface area contributed by atoms with E-state index in [0.29, 0.717) is 6.04 Å². The average molecular weight is 495 g/mol. The third kappa shape index (κ3) is 5.98. The van der Waals surface area contributed by atoms with Gasteiger partial charge in [0.05, 0.1) is 19.1 Å². The second-order valence-electron chi connectivity index (χ2n) is 7.33. The fourth-order valence-electron chi connectivity index (χ4n) is 3.78. The van der Waals surface area contributed by atoms with Crippen LogP contribution >= 0.6 is 24.0 Å². The number of aryl methyl sites for hydroxylation is 1. The van der Waals surface area contributed by atoms with Gasteiger partial charge in [-0.1, -0.05) is 30.3 Å². The van der Waals surface area contributed by atoms with Gasteiger partial charge in [0.15, 0.2) is 5.96 Å². The van der Waals surface area contributed by atoms with Gasteiger partial charge in [0.25, 0.3) is 0 Å². The Bertz CT molecular complexity index is 722. The van der Waals surface area contributed by atoms with Gasteiger partial charge in [-0.15, -0.1) is 24.0 Å². The highest BCUT2D eigenvalue weighted by molar-refractivity contribution is 14.0. The molecule has 154 valence electrons. The quantitative estimate of drug-likeness (QED) is 0.360. The first-order chi connectivity index (χ1) is 13.2. The predicted molar refractivity (Wildman–Crippen MR) is 128 cm³/mol. The van der Waals surface area contributed by atoms with Gasteiger partial charge in [-0.2, -0.15) is 0 Å². The molecule has 0 spiro atoms. The van der Waals surface area contributed by atoms with E-state index >= 15 is 0 Å². The van der Waals surface area contributed by atoms with Crippen LogP contribution in [0, 0.1) is 0 Å². The molecule has 1 fully saturated rings. The number of hydrogen-bond donors (Lipinski definition) is 1. The van der Waals surface area contributed by atoms with Crippen LogP contribution in [0.4, 0.5) is 0 Å². The Kier molecular flexibility index (Phi) is 9.31. The lowest BCUT2D eigenvalue weighted by atomic mass is 10.1. The highest BCUT2D eigenvalue weighted by Gasteiger charge is 2.23. The number of benzene rings is 1. The fourth-order valence-corrected chi connectivity index (χ4v) is 3.78. The lowest BCUT2D eigenvalue weighted by molar-refractivity contribution is 0.251. The molecule has 1 unspecified atom stereocenters. The summed E-state index contributed by atoms with van der Waals surface area (Å²) < 4.78 is 2.16. The third-order valence-corrected chi connectivity index (χ3v) is 5.33. The van der Waals surface area contributed by atoms with E-state index in [9.17, 15) is 0 Å². The van der Waals surface area contributed by atoms with Crippen LogP contribution in [0.1, 0.15) is 37.1 Å². The molecule has 0 saturated carbocycles. The molecule has 1 aromatic heterocycles. The summed E-state index contributed by atoms with van der Waals surface area (Å²) in [7, 11) is 4.20. The number of halogens is 1. The second kappa shape index (κ2) is 11.5. The number of nitrogens with one attached hydrogen (secondary N) is 1. The maximum atomic E-state index is 5.03. The van der Waals surface area contributed by atoms with Gasteiger partial charge in [-0.05, 0) is 50.6 Å². The summed E-state index contributed by atoms with van der Waals surface area (Å²) in [6.45, 7) is 6.96. The molecular formula is C22H34IN5. The van der Waals surface area contributed by atoms with Crippen LogP contribution in [0.15, 0.2) is 53.7 Å². The van der Waals surface area contributed by atoms with Crippen LogP contribution in [0.2, 0.25) is 0 Å². The molecule has 5 nitrogen and oxygen atoms in total. The first-order valence-electron chi connectivity index (χ1n) is 10.1. The van der Waals surface area contributed by atoms with Gasteiger partial charge >= 0.3 is 0 Å². The Labute approximate surface area is 186 Å². The normalized spacial score (nSPS) is 15.9. The van der Waals surface area contributed by atoms with Gasteiger partial charge in [0.2, 0.25) is 0 Å². The first kappa shape index (κ1) is 22.7. The lowest BCUT2D eigenvalue weighted by Gasteiger charge is -2.28. The summed E-state index contributed by atoms with van der Waals surface area (Å²) in [6, 6.07) is 15.4. The molecule has 6 heteroatoms. The molecule has 1 aliphatic heterocycles. The maximum absolute atomic E-state index is 5.03. The van der Waals surface area contributed by atoms with Gasteiger partial charge < -0.3 is 14.8 Å². The van der Waals surface area contributed by atoms with Crippen LogP contribution in [0.3, 0.4) is 0 Å². The van der Waals surface area contributed by atoms with Crippen molar-refractivity contribution in [2.45, 2.75) is 32.4 Å². The first-order valence-corrected chi connectivity index (χ1v) is 10.1. The highest BCUT2D eigenvalue weighted by Crippen LogP contribution is 2.25. The monoisotopic (exact) mass is 495 g/mol. The molecule has 0 bridgehead atoms. The smallest absolute Gasteiger partial charge is 0.194 e.